The smallest absolute Gasteiger partial charge is 0.298 e. The van der Waals surface area contributed by atoms with Gasteiger partial charge < -0.3 is 14.6 Å². The van der Waals surface area contributed by atoms with Crippen LogP contribution in [0.3, 0.4) is 0 Å². The van der Waals surface area contributed by atoms with E-state index in [2.05, 4.69) is 0 Å². The molecule has 0 N–H and O–H groups in total. The normalized spacial score (nSPS) is 14.8. The standard InChI is InChI=1S/C24H16ClNO5S/c25-18-2-1-3-19(13-18)26-22(27)21(32-24(26)30)12-15-6-10-20(11-7-15)31-14-16-4-8-17(9-5-16)23(28)29/h1-13H,14H2,(H,28,29)/p-1/b21-12-. The van der Waals surface area contributed by atoms with Gasteiger partial charge in [-0.1, -0.05) is 54.1 Å². The number of thioether (sulfide) groups is 1. The number of carbonyl (C=O) groups excluding carboxylic acids is 3. The van der Waals surface area contributed by atoms with Crippen LogP contribution in [0.4, 0.5) is 10.5 Å². The molecule has 8 heteroatoms. The lowest BCUT2D eigenvalue weighted by Crippen LogP contribution is -2.27. The molecule has 0 saturated carbocycles. The molecule has 0 aromatic heterocycles. The van der Waals surface area contributed by atoms with Crippen molar-refractivity contribution in [1.82, 2.24) is 0 Å². The van der Waals surface area contributed by atoms with E-state index >= 15 is 0 Å². The number of nitrogens with zero attached hydrogens (tertiary/aromatic N) is 1. The van der Waals surface area contributed by atoms with Gasteiger partial charge in [0.15, 0.2) is 0 Å². The van der Waals surface area contributed by atoms with Gasteiger partial charge in [-0.15, -0.1) is 0 Å². The highest BCUT2D eigenvalue weighted by molar-refractivity contribution is 8.19. The molecule has 0 unspecified atom stereocenters. The number of rotatable bonds is 6. The molecule has 1 saturated heterocycles. The summed E-state index contributed by atoms with van der Waals surface area (Å²) in [6.45, 7) is 0.269. The van der Waals surface area contributed by atoms with Crippen molar-refractivity contribution < 1.29 is 24.2 Å². The molecule has 1 aliphatic rings. The third-order valence-corrected chi connectivity index (χ3v) is 5.74. The zero-order chi connectivity index (χ0) is 22.7. The van der Waals surface area contributed by atoms with E-state index in [0.717, 1.165) is 27.8 Å². The molecular formula is C24H15ClNO5S-. The lowest BCUT2D eigenvalue weighted by atomic mass is 10.1. The molecular weight excluding hydrogens is 450 g/mol. The van der Waals surface area contributed by atoms with Crippen LogP contribution in [0.5, 0.6) is 5.75 Å². The van der Waals surface area contributed by atoms with Gasteiger partial charge in [0, 0.05) is 5.02 Å². The van der Waals surface area contributed by atoms with Gasteiger partial charge in [-0.3, -0.25) is 9.59 Å². The molecule has 0 atom stereocenters. The summed E-state index contributed by atoms with van der Waals surface area (Å²) in [4.78, 5) is 37.3. The second-order valence-electron chi connectivity index (χ2n) is 6.84. The third kappa shape index (κ3) is 4.85. The summed E-state index contributed by atoms with van der Waals surface area (Å²) in [6, 6.07) is 19.9. The highest BCUT2D eigenvalue weighted by Crippen LogP contribution is 2.36. The van der Waals surface area contributed by atoms with Crippen LogP contribution >= 0.6 is 23.4 Å². The van der Waals surface area contributed by atoms with Gasteiger partial charge in [0.05, 0.1) is 16.6 Å². The fourth-order valence-corrected chi connectivity index (χ4v) is 4.05. The van der Waals surface area contributed by atoms with Crippen molar-refractivity contribution in [2.24, 2.45) is 0 Å². The predicted octanol–water partition coefficient (Wildman–Crippen LogP) is 4.52. The molecule has 1 heterocycles. The van der Waals surface area contributed by atoms with Crippen molar-refractivity contribution in [2.45, 2.75) is 6.61 Å². The third-order valence-electron chi connectivity index (χ3n) is 4.63. The highest BCUT2D eigenvalue weighted by atomic mass is 35.5. The summed E-state index contributed by atoms with van der Waals surface area (Å²) in [6.07, 6.45) is 1.65. The quantitative estimate of drug-likeness (QED) is 0.498. The van der Waals surface area contributed by atoms with Gasteiger partial charge in [-0.05, 0) is 64.9 Å². The Labute approximate surface area is 193 Å². The fourth-order valence-electron chi connectivity index (χ4n) is 3.02. The molecule has 0 spiro atoms. The number of aromatic carboxylic acids is 1. The van der Waals surface area contributed by atoms with Crippen LogP contribution < -0.4 is 14.7 Å². The number of carbonyl (C=O) groups is 3. The van der Waals surface area contributed by atoms with Crippen molar-refractivity contribution in [3.05, 3.63) is 99.4 Å². The summed E-state index contributed by atoms with van der Waals surface area (Å²) >= 11 is 6.85. The second-order valence-corrected chi connectivity index (χ2v) is 8.27. The number of hydrogen-bond acceptors (Lipinski definition) is 6. The topological polar surface area (TPSA) is 86.7 Å². The molecule has 6 nitrogen and oxygen atoms in total. The summed E-state index contributed by atoms with van der Waals surface area (Å²) in [5, 5.41) is 10.9. The Kier molecular flexibility index (Phi) is 6.30. The molecule has 3 aromatic carbocycles. The van der Waals surface area contributed by atoms with Gasteiger partial charge in [0.2, 0.25) is 0 Å². The van der Waals surface area contributed by atoms with Crippen LogP contribution in [0.2, 0.25) is 5.02 Å². The molecule has 2 amide bonds. The van der Waals surface area contributed by atoms with Gasteiger partial charge in [-0.25, -0.2) is 4.90 Å². The van der Waals surface area contributed by atoms with Crippen LogP contribution in [-0.2, 0) is 11.4 Å². The average Bonchev–Trinajstić information content (AvgIpc) is 3.06. The van der Waals surface area contributed by atoms with E-state index in [-0.39, 0.29) is 17.4 Å². The summed E-state index contributed by atoms with van der Waals surface area (Å²) in [5.74, 6) is -1.01. The van der Waals surface area contributed by atoms with Crippen molar-refractivity contribution in [1.29, 1.82) is 0 Å². The van der Waals surface area contributed by atoms with E-state index in [1.165, 1.54) is 12.1 Å². The molecule has 3 aromatic rings. The monoisotopic (exact) mass is 464 g/mol. The van der Waals surface area contributed by atoms with Crippen LogP contribution in [0.15, 0.2) is 77.7 Å². The zero-order valence-electron chi connectivity index (χ0n) is 16.5. The van der Waals surface area contributed by atoms with Crippen LogP contribution in [0.25, 0.3) is 6.08 Å². The van der Waals surface area contributed by atoms with E-state index in [1.807, 2.05) is 0 Å². The molecule has 0 radical (unpaired) electrons. The number of halogens is 1. The van der Waals surface area contributed by atoms with Crippen molar-refractivity contribution in [3.63, 3.8) is 0 Å². The Balaban J connectivity index is 1.42. The molecule has 0 bridgehead atoms. The minimum Gasteiger partial charge on any atom is -0.545 e. The van der Waals surface area contributed by atoms with E-state index in [1.54, 1.807) is 66.7 Å². The highest BCUT2D eigenvalue weighted by Gasteiger charge is 2.36. The number of hydrogen-bond donors (Lipinski definition) is 0. The van der Waals surface area contributed by atoms with Crippen LogP contribution in [0, 0.1) is 0 Å². The molecule has 4 rings (SSSR count). The number of carboxylic acid groups (broad SMARTS) is 1. The second kappa shape index (κ2) is 9.30. The summed E-state index contributed by atoms with van der Waals surface area (Å²) < 4.78 is 5.71. The van der Waals surface area contributed by atoms with Gasteiger partial charge >= 0.3 is 0 Å². The molecule has 32 heavy (non-hydrogen) atoms. The largest absolute Gasteiger partial charge is 0.545 e. The van der Waals surface area contributed by atoms with Gasteiger partial charge in [0.1, 0.15) is 12.4 Å². The first kappa shape index (κ1) is 21.7. The number of benzene rings is 3. The zero-order valence-corrected chi connectivity index (χ0v) is 18.1. The molecule has 1 aliphatic heterocycles. The maximum absolute atomic E-state index is 12.7. The summed E-state index contributed by atoms with van der Waals surface area (Å²) in [7, 11) is 0. The Morgan fingerprint density at radius 2 is 1.75 bits per heavy atom. The van der Waals surface area contributed by atoms with Crippen molar-refractivity contribution in [3.8, 4) is 5.75 Å². The van der Waals surface area contributed by atoms with E-state index in [9.17, 15) is 19.5 Å². The Morgan fingerprint density at radius 3 is 2.41 bits per heavy atom. The average molecular weight is 465 g/mol. The Hall–Kier alpha value is -3.55. The summed E-state index contributed by atoms with van der Waals surface area (Å²) in [5.41, 5.74) is 2.10. The van der Waals surface area contributed by atoms with Gasteiger partial charge in [-0.2, -0.15) is 0 Å². The van der Waals surface area contributed by atoms with Crippen molar-refractivity contribution >= 4 is 52.2 Å². The van der Waals surface area contributed by atoms with Crippen LogP contribution in [-0.4, -0.2) is 17.1 Å². The maximum atomic E-state index is 12.7. The first-order chi connectivity index (χ1) is 15.4. The molecule has 0 aliphatic carbocycles. The first-order valence-electron chi connectivity index (χ1n) is 9.47. The Bertz CT molecular complexity index is 1220. The SMILES string of the molecule is O=C([O-])c1ccc(COc2ccc(/C=C3\SC(=O)N(c4cccc(Cl)c4)C3=O)cc2)cc1. The van der Waals surface area contributed by atoms with E-state index in [4.69, 9.17) is 16.3 Å². The van der Waals surface area contributed by atoms with E-state index in [0.29, 0.717) is 21.4 Å². The number of anilines is 1. The number of ether oxygens (including phenoxy) is 1. The predicted molar refractivity (Wildman–Crippen MR) is 121 cm³/mol. The first-order valence-corrected chi connectivity index (χ1v) is 10.7. The lowest BCUT2D eigenvalue weighted by Gasteiger charge is -2.12. The van der Waals surface area contributed by atoms with E-state index < -0.39 is 11.9 Å². The minimum absolute atomic E-state index is 0.109. The number of imide groups is 1. The number of carboxylic acids is 1. The lowest BCUT2D eigenvalue weighted by molar-refractivity contribution is -0.255. The minimum atomic E-state index is -1.22. The number of amides is 2. The van der Waals surface area contributed by atoms with Crippen LogP contribution in [0.1, 0.15) is 21.5 Å². The molecule has 160 valence electrons. The van der Waals surface area contributed by atoms with Gasteiger partial charge in [0.25, 0.3) is 11.1 Å². The maximum Gasteiger partial charge on any atom is 0.298 e. The fraction of sp³-hybridized carbons (Fsp3) is 0.0417. The molecule has 1 fully saturated rings. The van der Waals surface area contributed by atoms with Crippen molar-refractivity contribution in [2.75, 3.05) is 4.90 Å². The Morgan fingerprint density at radius 1 is 1.03 bits per heavy atom.